The van der Waals surface area contributed by atoms with Crippen LogP contribution in [-0.4, -0.2) is 29.7 Å². The summed E-state index contributed by atoms with van der Waals surface area (Å²) in [5.41, 5.74) is 1.06. The summed E-state index contributed by atoms with van der Waals surface area (Å²) in [5, 5.41) is 3.32. The lowest BCUT2D eigenvalue weighted by Gasteiger charge is -2.22. The molecule has 1 N–H and O–H groups in total. The zero-order valence-electron chi connectivity index (χ0n) is 12.8. The number of anilines is 1. The first-order valence-corrected chi connectivity index (χ1v) is 8.09. The lowest BCUT2D eigenvalue weighted by molar-refractivity contribution is 0.185. The van der Waals surface area contributed by atoms with Gasteiger partial charge in [-0.25, -0.2) is 9.97 Å². The highest BCUT2D eigenvalue weighted by atomic mass is 79.9. The van der Waals surface area contributed by atoms with Gasteiger partial charge in [0.1, 0.15) is 11.6 Å². The van der Waals surface area contributed by atoms with Gasteiger partial charge in [0.05, 0.1) is 10.2 Å². The zero-order valence-corrected chi connectivity index (χ0v) is 14.4. The molecule has 0 aromatic carbocycles. The highest BCUT2D eigenvalue weighted by Crippen LogP contribution is 2.33. The molecule has 1 aliphatic rings. The van der Waals surface area contributed by atoms with Crippen LogP contribution in [0, 0.1) is 5.92 Å². The van der Waals surface area contributed by atoms with Crippen LogP contribution < -0.4 is 5.32 Å². The fourth-order valence-electron chi connectivity index (χ4n) is 2.37. The summed E-state index contributed by atoms with van der Waals surface area (Å²) in [6, 6.07) is 0. The summed E-state index contributed by atoms with van der Waals surface area (Å²) >= 11 is 3.65. The molecule has 0 radical (unpaired) electrons. The van der Waals surface area contributed by atoms with Crippen LogP contribution in [0.4, 0.5) is 5.82 Å². The molecular weight excluding hydrogens is 318 g/mol. The number of aromatic nitrogens is 2. The molecule has 2 rings (SSSR count). The van der Waals surface area contributed by atoms with Crippen molar-refractivity contribution in [1.82, 2.24) is 9.97 Å². The van der Waals surface area contributed by atoms with Crippen LogP contribution in [0.3, 0.4) is 0 Å². The summed E-state index contributed by atoms with van der Waals surface area (Å²) in [4.78, 5) is 9.47. The first-order chi connectivity index (χ1) is 9.41. The van der Waals surface area contributed by atoms with Crippen LogP contribution in [0.5, 0.6) is 0 Å². The van der Waals surface area contributed by atoms with E-state index in [2.05, 4.69) is 53.9 Å². The number of halogens is 1. The molecule has 0 saturated carbocycles. The molecule has 1 aliphatic heterocycles. The maximum absolute atomic E-state index is 5.45. The molecule has 1 unspecified atom stereocenters. The molecule has 2 heterocycles. The number of rotatable bonds is 4. The fourth-order valence-corrected chi connectivity index (χ4v) is 3.28. The first-order valence-electron chi connectivity index (χ1n) is 7.30. The summed E-state index contributed by atoms with van der Waals surface area (Å²) < 4.78 is 6.43. The molecule has 0 aliphatic carbocycles. The number of ether oxygens (including phenoxy) is 1. The minimum atomic E-state index is -0.00707. The third-order valence-corrected chi connectivity index (χ3v) is 4.20. The van der Waals surface area contributed by atoms with Crippen LogP contribution in [-0.2, 0) is 16.6 Å². The smallest absolute Gasteiger partial charge is 0.144 e. The fraction of sp³-hybridized carbons (Fsp3) is 0.733. The van der Waals surface area contributed by atoms with E-state index in [9.17, 15) is 0 Å². The molecule has 1 atom stereocenters. The highest BCUT2D eigenvalue weighted by Gasteiger charge is 2.25. The van der Waals surface area contributed by atoms with Crippen molar-refractivity contribution in [3.63, 3.8) is 0 Å². The van der Waals surface area contributed by atoms with Crippen LogP contribution in [0.2, 0.25) is 0 Å². The molecule has 0 bridgehead atoms. The van der Waals surface area contributed by atoms with Crippen molar-refractivity contribution >= 4 is 21.7 Å². The van der Waals surface area contributed by atoms with Gasteiger partial charge in [-0.3, -0.25) is 0 Å². The van der Waals surface area contributed by atoms with E-state index in [4.69, 9.17) is 9.72 Å². The maximum atomic E-state index is 5.45. The average Bonchev–Trinajstić information content (AvgIpc) is 2.84. The van der Waals surface area contributed by atoms with Gasteiger partial charge in [0.15, 0.2) is 0 Å². The van der Waals surface area contributed by atoms with Gasteiger partial charge in [0, 0.05) is 31.6 Å². The largest absolute Gasteiger partial charge is 0.381 e. The van der Waals surface area contributed by atoms with Gasteiger partial charge in [-0.15, -0.1) is 0 Å². The predicted octanol–water partition coefficient (Wildman–Crippen LogP) is 3.55. The van der Waals surface area contributed by atoms with Crippen molar-refractivity contribution in [2.45, 2.75) is 46.0 Å². The number of hydrogen-bond donors (Lipinski definition) is 1. The lowest BCUT2D eigenvalue weighted by atomic mass is 9.91. The molecule has 0 amide bonds. The number of nitrogens with zero attached hydrogens (tertiary/aromatic N) is 2. The number of nitrogens with one attached hydrogen (secondary N) is 1. The molecule has 0 spiro atoms. The van der Waals surface area contributed by atoms with E-state index in [1.165, 1.54) is 0 Å². The second kappa shape index (κ2) is 6.39. The Balaban J connectivity index is 2.33. The quantitative estimate of drug-likeness (QED) is 0.909. The van der Waals surface area contributed by atoms with Crippen molar-refractivity contribution in [2.24, 2.45) is 5.92 Å². The Hall–Kier alpha value is -0.680. The van der Waals surface area contributed by atoms with Crippen LogP contribution in [0.25, 0.3) is 0 Å². The maximum Gasteiger partial charge on any atom is 0.144 e. The van der Waals surface area contributed by atoms with Crippen molar-refractivity contribution in [1.29, 1.82) is 0 Å². The third kappa shape index (κ3) is 3.70. The van der Waals surface area contributed by atoms with Crippen molar-refractivity contribution < 1.29 is 4.74 Å². The van der Waals surface area contributed by atoms with Gasteiger partial charge in [-0.2, -0.15) is 0 Å². The molecule has 5 heteroatoms. The Kier molecular flexibility index (Phi) is 5.02. The molecule has 112 valence electrons. The van der Waals surface area contributed by atoms with Gasteiger partial charge < -0.3 is 10.1 Å². The van der Waals surface area contributed by atoms with E-state index in [1.807, 2.05) is 0 Å². The number of hydrogen-bond acceptors (Lipinski definition) is 4. The first kappa shape index (κ1) is 15.7. The summed E-state index contributed by atoms with van der Waals surface area (Å²) in [6.07, 6.45) is 2.01. The predicted molar refractivity (Wildman–Crippen MR) is 85.2 cm³/mol. The minimum Gasteiger partial charge on any atom is -0.381 e. The molecule has 1 saturated heterocycles. The summed E-state index contributed by atoms with van der Waals surface area (Å²) in [5.74, 6) is 2.38. The molecular formula is C15H24BrN3O. The van der Waals surface area contributed by atoms with E-state index in [0.717, 1.165) is 54.4 Å². The molecule has 1 fully saturated rings. The monoisotopic (exact) mass is 341 g/mol. The van der Waals surface area contributed by atoms with Crippen molar-refractivity contribution in [2.75, 3.05) is 25.1 Å². The SMILES string of the molecule is CCNc1nc(CC2CCOC2)nc(C(C)(C)C)c1Br. The van der Waals surface area contributed by atoms with E-state index in [0.29, 0.717) is 5.92 Å². The summed E-state index contributed by atoms with van der Waals surface area (Å²) in [7, 11) is 0. The Morgan fingerprint density at radius 2 is 2.10 bits per heavy atom. The Morgan fingerprint density at radius 1 is 1.35 bits per heavy atom. The normalized spacial score (nSPS) is 19.4. The standard InChI is InChI=1S/C15H24BrN3O/c1-5-17-14-12(16)13(15(2,3)4)18-11(19-14)8-10-6-7-20-9-10/h10H,5-9H2,1-4H3,(H,17,18,19). The molecule has 1 aromatic heterocycles. The molecule has 4 nitrogen and oxygen atoms in total. The molecule has 1 aromatic rings. The van der Waals surface area contributed by atoms with E-state index >= 15 is 0 Å². The van der Waals surface area contributed by atoms with Crippen molar-refractivity contribution in [3.8, 4) is 0 Å². The lowest BCUT2D eigenvalue weighted by Crippen LogP contribution is -2.19. The van der Waals surface area contributed by atoms with Gasteiger partial charge in [0.2, 0.25) is 0 Å². The second-order valence-electron chi connectivity index (χ2n) is 6.37. The Labute approximate surface area is 129 Å². The minimum absolute atomic E-state index is 0.00707. The topological polar surface area (TPSA) is 47.0 Å². The highest BCUT2D eigenvalue weighted by molar-refractivity contribution is 9.10. The van der Waals surface area contributed by atoms with Gasteiger partial charge in [-0.1, -0.05) is 20.8 Å². The van der Waals surface area contributed by atoms with Crippen LogP contribution in [0.1, 0.15) is 45.6 Å². The zero-order chi connectivity index (χ0) is 14.8. The molecule has 20 heavy (non-hydrogen) atoms. The van der Waals surface area contributed by atoms with E-state index in [-0.39, 0.29) is 5.41 Å². The second-order valence-corrected chi connectivity index (χ2v) is 7.16. The summed E-state index contributed by atoms with van der Waals surface area (Å²) in [6.45, 7) is 11.2. The van der Waals surface area contributed by atoms with Gasteiger partial charge >= 0.3 is 0 Å². The van der Waals surface area contributed by atoms with Crippen LogP contribution >= 0.6 is 15.9 Å². The Morgan fingerprint density at radius 3 is 2.65 bits per heavy atom. The van der Waals surface area contributed by atoms with Gasteiger partial charge in [0.25, 0.3) is 0 Å². The third-order valence-electron chi connectivity index (χ3n) is 3.45. The van der Waals surface area contributed by atoms with Crippen LogP contribution in [0.15, 0.2) is 4.47 Å². The van der Waals surface area contributed by atoms with E-state index in [1.54, 1.807) is 0 Å². The Bertz CT molecular complexity index is 465. The van der Waals surface area contributed by atoms with Gasteiger partial charge in [-0.05, 0) is 35.2 Å². The average molecular weight is 342 g/mol. The van der Waals surface area contributed by atoms with Crippen molar-refractivity contribution in [3.05, 3.63) is 16.0 Å². The van der Waals surface area contributed by atoms with E-state index < -0.39 is 0 Å².